The van der Waals surface area contributed by atoms with Crippen LogP contribution in [0.25, 0.3) is 0 Å². The molecule has 9 nitrogen and oxygen atoms in total. The van der Waals surface area contributed by atoms with E-state index < -0.39 is 36.8 Å². The number of nitrogens with one attached hydrogen (secondary N) is 2. The molecule has 2 N–H and O–H groups in total. The van der Waals surface area contributed by atoms with Gasteiger partial charge in [0.25, 0.3) is 23.6 Å². The van der Waals surface area contributed by atoms with Crippen molar-refractivity contribution in [1.82, 2.24) is 10.2 Å². The Morgan fingerprint density at radius 3 is 2.07 bits per heavy atom. The summed E-state index contributed by atoms with van der Waals surface area (Å²) in [4.78, 5) is 60.6. The highest BCUT2D eigenvalue weighted by molar-refractivity contribution is 6.22. The summed E-state index contributed by atoms with van der Waals surface area (Å²) in [6.45, 7) is -1.17. The molecule has 29 heavy (non-hydrogen) atoms. The van der Waals surface area contributed by atoms with Gasteiger partial charge in [0.2, 0.25) is 0 Å². The molecular formula is C20H17N3O6. The fraction of sp³-hybridized carbons (Fsp3) is 0.150. The highest BCUT2D eigenvalue weighted by Crippen LogP contribution is 2.22. The highest BCUT2D eigenvalue weighted by atomic mass is 16.5. The molecule has 2 aromatic rings. The van der Waals surface area contributed by atoms with Gasteiger partial charge >= 0.3 is 5.97 Å². The molecule has 1 heterocycles. The number of ether oxygens (including phenoxy) is 1. The number of hydrogen-bond acceptors (Lipinski definition) is 6. The van der Waals surface area contributed by atoms with E-state index in [1.807, 2.05) is 0 Å². The number of imide groups is 1. The van der Waals surface area contributed by atoms with Crippen LogP contribution in [0.15, 0.2) is 48.5 Å². The number of anilines is 1. The lowest BCUT2D eigenvalue weighted by atomic mass is 10.1. The van der Waals surface area contributed by atoms with Gasteiger partial charge in [0.05, 0.1) is 11.1 Å². The molecule has 1 aliphatic rings. The molecule has 0 unspecified atom stereocenters. The summed E-state index contributed by atoms with van der Waals surface area (Å²) in [7, 11) is 1.51. The van der Waals surface area contributed by atoms with Gasteiger partial charge < -0.3 is 15.4 Å². The van der Waals surface area contributed by atoms with Crippen LogP contribution in [-0.4, -0.2) is 54.7 Å². The van der Waals surface area contributed by atoms with Crippen LogP contribution in [0, 0.1) is 0 Å². The summed E-state index contributed by atoms with van der Waals surface area (Å²) < 4.78 is 4.85. The summed E-state index contributed by atoms with van der Waals surface area (Å²) in [5.41, 5.74) is 1.29. The predicted molar refractivity (Wildman–Crippen MR) is 101 cm³/mol. The summed E-state index contributed by atoms with van der Waals surface area (Å²) in [6.07, 6.45) is 0. The fourth-order valence-electron chi connectivity index (χ4n) is 2.75. The lowest BCUT2D eigenvalue weighted by molar-refractivity contribution is -0.147. The van der Waals surface area contributed by atoms with E-state index in [9.17, 15) is 24.0 Å². The molecule has 0 bridgehead atoms. The largest absolute Gasteiger partial charge is 0.454 e. The van der Waals surface area contributed by atoms with Crippen molar-refractivity contribution in [2.75, 3.05) is 25.5 Å². The number of esters is 1. The monoisotopic (exact) mass is 395 g/mol. The van der Waals surface area contributed by atoms with Crippen LogP contribution >= 0.6 is 0 Å². The average molecular weight is 395 g/mol. The van der Waals surface area contributed by atoms with Crippen molar-refractivity contribution in [1.29, 1.82) is 0 Å². The molecule has 0 spiro atoms. The van der Waals surface area contributed by atoms with Crippen LogP contribution in [0.2, 0.25) is 0 Å². The summed E-state index contributed by atoms with van der Waals surface area (Å²) >= 11 is 0. The van der Waals surface area contributed by atoms with E-state index in [0.29, 0.717) is 11.3 Å². The van der Waals surface area contributed by atoms with E-state index in [4.69, 9.17) is 4.74 Å². The van der Waals surface area contributed by atoms with Gasteiger partial charge in [-0.15, -0.1) is 0 Å². The standard InChI is InChI=1S/C20H17N3O6/c1-21-18(26)12-6-8-13(9-7-12)22-16(24)11-29-17(25)10-23-19(27)14-4-2-3-5-15(14)20(23)28/h2-9H,10-11H2,1H3,(H,21,26)(H,22,24). The minimum atomic E-state index is -0.885. The van der Waals surface area contributed by atoms with Gasteiger partial charge in [-0.3, -0.25) is 28.9 Å². The SMILES string of the molecule is CNC(=O)c1ccc(NC(=O)COC(=O)CN2C(=O)c3ccccc3C2=O)cc1. The summed E-state index contributed by atoms with van der Waals surface area (Å²) in [5.74, 6) is -2.91. The van der Waals surface area contributed by atoms with Crippen molar-refractivity contribution < 1.29 is 28.7 Å². The first-order valence-electron chi connectivity index (χ1n) is 8.63. The Morgan fingerprint density at radius 2 is 1.52 bits per heavy atom. The first-order valence-corrected chi connectivity index (χ1v) is 8.63. The zero-order valence-corrected chi connectivity index (χ0v) is 15.4. The van der Waals surface area contributed by atoms with Crippen LogP contribution in [0.4, 0.5) is 5.69 Å². The Balaban J connectivity index is 1.50. The van der Waals surface area contributed by atoms with E-state index in [1.54, 1.807) is 12.1 Å². The minimum Gasteiger partial charge on any atom is -0.454 e. The molecule has 0 fully saturated rings. The number of hydrogen-bond donors (Lipinski definition) is 2. The zero-order valence-electron chi connectivity index (χ0n) is 15.4. The van der Waals surface area contributed by atoms with E-state index in [-0.39, 0.29) is 17.0 Å². The smallest absolute Gasteiger partial charge is 0.326 e. The first kappa shape index (κ1) is 19.7. The second kappa shape index (κ2) is 8.34. The molecule has 0 saturated heterocycles. The molecule has 0 aliphatic carbocycles. The molecule has 148 valence electrons. The number of carbonyl (C=O) groups excluding carboxylic acids is 5. The van der Waals surface area contributed by atoms with Gasteiger partial charge in [-0.2, -0.15) is 0 Å². The summed E-state index contributed by atoms with van der Waals surface area (Å²) in [6, 6.07) is 12.4. The Hall–Kier alpha value is -4.01. The molecule has 4 amide bonds. The van der Waals surface area contributed by atoms with Crippen LogP contribution < -0.4 is 10.6 Å². The number of rotatable bonds is 6. The number of amides is 4. The maximum absolute atomic E-state index is 12.2. The maximum atomic E-state index is 12.2. The van der Waals surface area contributed by atoms with Crippen molar-refractivity contribution in [3.8, 4) is 0 Å². The predicted octanol–water partition coefficient (Wildman–Crippen LogP) is 0.824. The Bertz CT molecular complexity index is 965. The quantitative estimate of drug-likeness (QED) is 0.552. The first-order chi connectivity index (χ1) is 13.9. The molecule has 1 aliphatic heterocycles. The Labute approximate surface area is 165 Å². The van der Waals surface area contributed by atoms with Crippen LogP contribution in [-0.2, 0) is 14.3 Å². The zero-order chi connectivity index (χ0) is 21.0. The number of fused-ring (bicyclic) bond motifs is 1. The van der Waals surface area contributed by atoms with Gasteiger partial charge in [-0.1, -0.05) is 12.1 Å². The van der Waals surface area contributed by atoms with Gasteiger partial charge in [-0.05, 0) is 36.4 Å². The van der Waals surface area contributed by atoms with Crippen LogP contribution in [0.1, 0.15) is 31.1 Å². The Morgan fingerprint density at radius 1 is 0.931 bits per heavy atom. The molecule has 0 radical (unpaired) electrons. The van der Waals surface area contributed by atoms with Gasteiger partial charge in [-0.25, -0.2) is 0 Å². The third kappa shape index (κ3) is 4.29. The van der Waals surface area contributed by atoms with E-state index >= 15 is 0 Å². The topological polar surface area (TPSA) is 122 Å². The maximum Gasteiger partial charge on any atom is 0.326 e. The van der Waals surface area contributed by atoms with Crippen LogP contribution in [0.3, 0.4) is 0 Å². The molecule has 0 atom stereocenters. The van der Waals surface area contributed by atoms with E-state index in [0.717, 1.165) is 4.90 Å². The van der Waals surface area contributed by atoms with Gasteiger partial charge in [0.15, 0.2) is 6.61 Å². The molecule has 0 saturated carbocycles. The van der Waals surface area contributed by atoms with Crippen molar-refractivity contribution in [2.45, 2.75) is 0 Å². The second-order valence-corrected chi connectivity index (χ2v) is 6.11. The highest BCUT2D eigenvalue weighted by Gasteiger charge is 2.36. The number of carbonyl (C=O) groups is 5. The number of benzene rings is 2. The van der Waals surface area contributed by atoms with Crippen molar-refractivity contribution in [3.63, 3.8) is 0 Å². The normalized spacial score (nSPS) is 12.4. The third-order valence-corrected chi connectivity index (χ3v) is 4.19. The second-order valence-electron chi connectivity index (χ2n) is 6.11. The molecular weight excluding hydrogens is 378 g/mol. The molecule has 9 heteroatoms. The minimum absolute atomic E-state index is 0.225. The van der Waals surface area contributed by atoms with Crippen molar-refractivity contribution in [2.24, 2.45) is 0 Å². The van der Waals surface area contributed by atoms with Gasteiger partial charge in [0, 0.05) is 18.3 Å². The average Bonchev–Trinajstić information content (AvgIpc) is 2.97. The molecule has 2 aromatic carbocycles. The third-order valence-electron chi connectivity index (χ3n) is 4.19. The van der Waals surface area contributed by atoms with Gasteiger partial charge in [0.1, 0.15) is 6.54 Å². The molecule has 3 rings (SSSR count). The molecule has 0 aromatic heterocycles. The summed E-state index contributed by atoms with van der Waals surface area (Å²) in [5, 5.41) is 4.99. The lowest BCUT2D eigenvalue weighted by Gasteiger charge is -2.13. The van der Waals surface area contributed by atoms with Crippen molar-refractivity contribution >= 4 is 35.3 Å². The van der Waals surface area contributed by atoms with Crippen LogP contribution in [0.5, 0.6) is 0 Å². The van der Waals surface area contributed by atoms with E-state index in [1.165, 1.54) is 43.4 Å². The van der Waals surface area contributed by atoms with Crippen molar-refractivity contribution in [3.05, 3.63) is 65.2 Å². The fourth-order valence-corrected chi connectivity index (χ4v) is 2.75. The lowest BCUT2D eigenvalue weighted by Crippen LogP contribution is -2.36. The van der Waals surface area contributed by atoms with E-state index in [2.05, 4.69) is 10.6 Å². The number of nitrogens with zero attached hydrogens (tertiary/aromatic N) is 1. The Kier molecular flexibility index (Phi) is 5.68.